The van der Waals surface area contributed by atoms with Crippen LogP contribution in [0, 0.1) is 0 Å². The first kappa shape index (κ1) is 26.2. The predicted molar refractivity (Wildman–Crippen MR) is 136 cm³/mol. The molecule has 6 atom stereocenters. The van der Waals surface area contributed by atoms with E-state index in [1.165, 1.54) is 45.4 Å². The molecular weight excluding hydrogens is 500 g/mol. The van der Waals surface area contributed by atoms with Gasteiger partial charge in [-0.2, -0.15) is 0 Å². The molecule has 0 bridgehead atoms. The summed E-state index contributed by atoms with van der Waals surface area (Å²) in [5.41, 5.74) is -0.225. The molecular formula is C27H28O11. The molecule has 6 N–H and O–H groups in total. The number of hydrogen-bond donors (Lipinski definition) is 6. The van der Waals surface area contributed by atoms with E-state index in [4.69, 9.17) is 18.6 Å². The Morgan fingerprint density at radius 2 is 1.63 bits per heavy atom. The number of aromatic hydroxyl groups is 1. The zero-order chi connectivity index (χ0) is 27.5. The number of benzene rings is 3. The number of rotatable bonds is 6. The van der Waals surface area contributed by atoms with Crippen LogP contribution in [0.1, 0.15) is 30.3 Å². The average molecular weight is 529 g/mol. The molecule has 1 aliphatic heterocycles. The van der Waals surface area contributed by atoms with Crippen LogP contribution in [0.4, 0.5) is 0 Å². The summed E-state index contributed by atoms with van der Waals surface area (Å²) in [5.74, 6) is 0.232. The molecule has 0 radical (unpaired) electrons. The fourth-order valence-corrected chi connectivity index (χ4v) is 5.24. The van der Waals surface area contributed by atoms with Gasteiger partial charge < -0.3 is 49.3 Å². The summed E-state index contributed by atoms with van der Waals surface area (Å²) in [6.07, 6.45) is -7.41. The molecule has 1 aliphatic rings. The van der Waals surface area contributed by atoms with E-state index < -0.39 is 48.9 Å². The van der Waals surface area contributed by atoms with Gasteiger partial charge in [0.2, 0.25) is 0 Å². The van der Waals surface area contributed by atoms with Gasteiger partial charge in [-0.15, -0.1) is 0 Å². The lowest BCUT2D eigenvalue weighted by molar-refractivity contribution is -0.0586. The lowest BCUT2D eigenvalue weighted by atomic mass is 9.92. The van der Waals surface area contributed by atoms with Crippen molar-refractivity contribution in [3.05, 3.63) is 51.9 Å². The summed E-state index contributed by atoms with van der Waals surface area (Å²) in [6, 6.07) is 7.31. The van der Waals surface area contributed by atoms with E-state index in [0.717, 1.165) is 0 Å². The molecule has 0 aliphatic carbocycles. The van der Waals surface area contributed by atoms with Gasteiger partial charge in [-0.1, -0.05) is 6.07 Å². The van der Waals surface area contributed by atoms with E-state index in [-0.39, 0.29) is 50.1 Å². The predicted octanol–water partition coefficient (Wildman–Crippen LogP) is 1.39. The summed E-state index contributed by atoms with van der Waals surface area (Å²) < 4.78 is 22.8. The van der Waals surface area contributed by atoms with Crippen molar-refractivity contribution in [2.24, 2.45) is 0 Å². The third kappa shape index (κ3) is 3.87. The van der Waals surface area contributed by atoms with E-state index in [2.05, 4.69) is 0 Å². The van der Waals surface area contributed by atoms with Crippen LogP contribution in [-0.4, -0.2) is 75.9 Å². The van der Waals surface area contributed by atoms with Gasteiger partial charge in [0, 0.05) is 16.2 Å². The number of hydrogen-bond acceptors (Lipinski definition) is 11. The van der Waals surface area contributed by atoms with E-state index in [0.29, 0.717) is 10.8 Å². The Hall–Kier alpha value is -3.45. The number of aliphatic hydroxyl groups is 5. The number of ether oxygens (including phenoxy) is 3. The number of phenols is 1. The lowest BCUT2D eigenvalue weighted by Gasteiger charge is -2.21. The molecule has 0 amide bonds. The quantitative estimate of drug-likeness (QED) is 0.157. The van der Waals surface area contributed by atoms with Crippen LogP contribution in [0.25, 0.3) is 32.5 Å². The first-order valence-electron chi connectivity index (χ1n) is 11.9. The molecule has 1 aromatic heterocycles. The SMILES string of the molecule is COc1cc2c(oc(=O)c3cc(C(O)CO)cc(OC)c32)c2c([C@H]3O[C@@H]([C@@H](C)O)[C@H](O)[C@H]3O)ccc(O)c12. The van der Waals surface area contributed by atoms with E-state index >= 15 is 0 Å². The highest BCUT2D eigenvalue weighted by Crippen LogP contribution is 2.47. The first-order valence-corrected chi connectivity index (χ1v) is 11.9. The Balaban J connectivity index is 1.93. The summed E-state index contributed by atoms with van der Waals surface area (Å²) in [5, 5.41) is 62.9. The normalized spacial score (nSPS) is 23.3. The Kier molecular flexibility index (Phi) is 6.68. The monoisotopic (exact) mass is 528 g/mol. The molecule has 1 saturated heterocycles. The van der Waals surface area contributed by atoms with Crippen LogP contribution in [0.5, 0.6) is 17.2 Å². The van der Waals surface area contributed by atoms with Crippen molar-refractivity contribution < 1.29 is 49.3 Å². The maximum Gasteiger partial charge on any atom is 0.344 e. The van der Waals surface area contributed by atoms with E-state index in [1.807, 2.05) is 0 Å². The maximum atomic E-state index is 13.3. The zero-order valence-electron chi connectivity index (χ0n) is 20.8. The third-order valence-electron chi connectivity index (χ3n) is 7.10. The highest BCUT2D eigenvalue weighted by Gasteiger charge is 2.46. The summed E-state index contributed by atoms with van der Waals surface area (Å²) in [4.78, 5) is 13.3. The first-order chi connectivity index (χ1) is 18.1. The van der Waals surface area contributed by atoms with Crippen molar-refractivity contribution in [2.45, 2.75) is 43.5 Å². The van der Waals surface area contributed by atoms with Gasteiger partial charge in [0.05, 0.1) is 37.7 Å². The van der Waals surface area contributed by atoms with Crippen molar-refractivity contribution >= 4 is 32.5 Å². The molecule has 11 heteroatoms. The van der Waals surface area contributed by atoms with Gasteiger partial charge >= 0.3 is 5.63 Å². The number of phenolic OH excluding ortho intramolecular Hbond substituents is 1. The van der Waals surface area contributed by atoms with Crippen LogP contribution >= 0.6 is 0 Å². The largest absolute Gasteiger partial charge is 0.507 e. The van der Waals surface area contributed by atoms with Crippen LogP contribution in [0.15, 0.2) is 39.5 Å². The summed E-state index contributed by atoms with van der Waals surface area (Å²) in [7, 11) is 2.79. The molecule has 2 heterocycles. The minimum atomic E-state index is -1.44. The van der Waals surface area contributed by atoms with Gasteiger partial charge in [-0.3, -0.25) is 0 Å². The summed E-state index contributed by atoms with van der Waals surface area (Å²) >= 11 is 0. The smallest absolute Gasteiger partial charge is 0.344 e. The molecule has 0 spiro atoms. The van der Waals surface area contributed by atoms with Gasteiger partial charge in [0.1, 0.15) is 53.4 Å². The molecule has 3 aromatic carbocycles. The van der Waals surface area contributed by atoms with Crippen molar-refractivity contribution in [3.63, 3.8) is 0 Å². The lowest BCUT2D eigenvalue weighted by Crippen LogP contribution is -2.36. The van der Waals surface area contributed by atoms with Crippen LogP contribution < -0.4 is 15.1 Å². The Morgan fingerprint density at radius 1 is 0.947 bits per heavy atom. The van der Waals surface area contributed by atoms with Crippen molar-refractivity contribution in [2.75, 3.05) is 20.8 Å². The molecule has 1 fully saturated rings. The topological polar surface area (TPSA) is 179 Å². The van der Waals surface area contributed by atoms with Gasteiger partial charge in [-0.05, 0) is 42.3 Å². The number of aliphatic hydroxyl groups excluding tert-OH is 5. The molecule has 202 valence electrons. The van der Waals surface area contributed by atoms with Crippen LogP contribution in [0.2, 0.25) is 0 Å². The summed E-state index contributed by atoms with van der Waals surface area (Å²) in [6.45, 7) is 0.855. The second-order valence-electron chi connectivity index (χ2n) is 9.36. The molecule has 38 heavy (non-hydrogen) atoms. The highest BCUT2D eigenvalue weighted by atomic mass is 16.6. The number of fused-ring (bicyclic) bond motifs is 5. The molecule has 0 saturated carbocycles. The van der Waals surface area contributed by atoms with E-state index in [9.17, 15) is 35.4 Å². The zero-order valence-corrected chi connectivity index (χ0v) is 20.8. The Morgan fingerprint density at radius 3 is 2.24 bits per heavy atom. The molecule has 5 rings (SSSR count). The Bertz CT molecular complexity index is 1590. The Labute approximate surface area is 215 Å². The van der Waals surface area contributed by atoms with Crippen molar-refractivity contribution in [1.29, 1.82) is 0 Å². The average Bonchev–Trinajstić information content (AvgIpc) is 3.21. The highest BCUT2D eigenvalue weighted by molar-refractivity contribution is 6.19. The van der Waals surface area contributed by atoms with Crippen molar-refractivity contribution in [3.8, 4) is 17.2 Å². The van der Waals surface area contributed by atoms with Crippen molar-refractivity contribution in [1.82, 2.24) is 0 Å². The molecule has 4 aromatic rings. The van der Waals surface area contributed by atoms with Gasteiger partial charge in [0.25, 0.3) is 0 Å². The van der Waals surface area contributed by atoms with Crippen LogP contribution in [-0.2, 0) is 4.74 Å². The molecule has 1 unspecified atom stereocenters. The fraction of sp³-hybridized carbons (Fsp3) is 0.370. The minimum absolute atomic E-state index is 0.0312. The second kappa shape index (κ2) is 9.70. The maximum absolute atomic E-state index is 13.3. The van der Waals surface area contributed by atoms with Gasteiger partial charge in [-0.25, -0.2) is 4.79 Å². The minimum Gasteiger partial charge on any atom is -0.507 e. The fourth-order valence-electron chi connectivity index (χ4n) is 5.24. The molecule has 11 nitrogen and oxygen atoms in total. The van der Waals surface area contributed by atoms with E-state index in [1.54, 1.807) is 6.07 Å². The standard InChI is InChI=1S/C27H28O11/c1-10(29)24-22(32)23(33)26(37-24)12-4-5-15(30)21-18(36-3)8-13-19-14(27(34)38-25(13)20(12)21)6-11(16(31)9-28)7-17(19)35-2/h4-8,10,16,22-24,26,28-33H,9H2,1-3H3/t10-,16?,22-,23-,24+,26-/m1/s1. The number of methoxy groups -OCH3 is 2. The second-order valence-corrected chi connectivity index (χ2v) is 9.36. The third-order valence-corrected chi connectivity index (χ3v) is 7.10. The van der Waals surface area contributed by atoms with Crippen LogP contribution in [0.3, 0.4) is 0 Å². The van der Waals surface area contributed by atoms with Gasteiger partial charge in [0.15, 0.2) is 0 Å².